The quantitative estimate of drug-likeness (QED) is 0.0831. The van der Waals surface area contributed by atoms with Gasteiger partial charge < -0.3 is 30.6 Å². The van der Waals surface area contributed by atoms with Crippen LogP contribution in [0.1, 0.15) is 224 Å². The monoisotopic (exact) mass is 883 g/mol. The molecular weight excluding hydrogens is 809 g/mol. The van der Waals surface area contributed by atoms with Gasteiger partial charge in [0.05, 0.1) is 11.1 Å². The fourth-order valence-corrected chi connectivity index (χ4v) is 9.62. The second kappa shape index (κ2) is 24.8. The summed E-state index contributed by atoms with van der Waals surface area (Å²) in [6.45, 7) is 10.5. The summed E-state index contributed by atoms with van der Waals surface area (Å²) >= 11 is 0. The third-order valence-corrected chi connectivity index (χ3v) is 13.0. The van der Waals surface area contributed by atoms with Gasteiger partial charge in [-0.3, -0.25) is 19.2 Å². The van der Waals surface area contributed by atoms with Crippen molar-refractivity contribution in [1.29, 1.82) is 0 Å². The van der Waals surface area contributed by atoms with Crippen LogP contribution in [0.5, 0.6) is 34.5 Å². The Morgan fingerprint density at radius 2 is 0.656 bits per heavy atom. The van der Waals surface area contributed by atoms with E-state index in [1.807, 2.05) is 0 Å². The first-order chi connectivity index (χ1) is 30.6. The minimum Gasteiger partial charge on any atom is -0.507 e. The molecule has 0 amide bonds. The van der Waals surface area contributed by atoms with E-state index >= 15 is 0 Å². The zero-order valence-corrected chi connectivity index (χ0v) is 39.3. The molecular formula is C54H74O10. The molecule has 6 N–H and O–H groups in total. The molecule has 64 heavy (non-hydrogen) atoms. The highest BCUT2D eigenvalue weighted by Gasteiger charge is 2.30. The number of ketones is 2. The van der Waals surface area contributed by atoms with Gasteiger partial charge in [-0.05, 0) is 73.3 Å². The number of phenols is 6. The number of carbonyl (C=O) groups is 4. The predicted molar refractivity (Wildman–Crippen MR) is 257 cm³/mol. The first-order valence-electron chi connectivity index (χ1n) is 24.0. The van der Waals surface area contributed by atoms with E-state index in [9.17, 15) is 49.8 Å². The number of phenolic OH excluding ortho intramolecular Hbond substituents is 6. The molecule has 0 heterocycles. The van der Waals surface area contributed by atoms with Crippen molar-refractivity contribution in [1.82, 2.24) is 0 Å². The molecule has 6 rings (SSSR count). The molecule has 10 nitrogen and oxygen atoms in total. The van der Waals surface area contributed by atoms with Gasteiger partial charge in [-0.15, -0.1) is 0 Å². The molecule has 4 aromatic rings. The van der Waals surface area contributed by atoms with E-state index in [0.29, 0.717) is 57.2 Å². The summed E-state index contributed by atoms with van der Waals surface area (Å²) in [4.78, 5) is 46.6. The Labute approximate surface area is 380 Å². The molecule has 2 fully saturated rings. The number of benzene rings is 4. The average molecular weight is 883 g/mol. The number of aromatic hydroxyl groups is 6. The molecule has 0 aromatic heterocycles. The third-order valence-electron chi connectivity index (χ3n) is 13.0. The van der Waals surface area contributed by atoms with Crippen LogP contribution in [0.25, 0.3) is 32.7 Å². The maximum atomic E-state index is 12.0. The number of aldehydes is 2. The van der Waals surface area contributed by atoms with Crippen LogP contribution < -0.4 is 0 Å². The van der Waals surface area contributed by atoms with Crippen LogP contribution in [-0.2, 0) is 9.59 Å². The first kappa shape index (κ1) is 51.5. The van der Waals surface area contributed by atoms with Crippen LogP contribution in [0.4, 0.5) is 0 Å². The van der Waals surface area contributed by atoms with Crippen molar-refractivity contribution >= 4 is 45.7 Å². The Hall–Kier alpha value is -5.12. The van der Waals surface area contributed by atoms with Crippen LogP contribution in [0, 0.1) is 13.8 Å². The molecule has 0 radical (unpaired) electrons. The Morgan fingerprint density at radius 3 is 0.891 bits per heavy atom. The second-order valence-corrected chi connectivity index (χ2v) is 18.7. The molecule has 0 atom stereocenters. The van der Waals surface area contributed by atoms with Crippen LogP contribution >= 0.6 is 0 Å². The van der Waals surface area contributed by atoms with Gasteiger partial charge in [-0.25, -0.2) is 0 Å². The van der Waals surface area contributed by atoms with E-state index < -0.39 is 34.5 Å². The van der Waals surface area contributed by atoms with E-state index in [4.69, 9.17) is 0 Å². The minimum absolute atomic E-state index is 0.00512. The highest BCUT2D eigenvalue weighted by molar-refractivity contribution is 6.14. The van der Waals surface area contributed by atoms with Crippen LogP contribution in [0.3, 0.4) is 0 Å². The summed E-state index contributed by atoms with van der Waals surface area (Å²) in [6.07, 6.45) is 27.4. The smallest absolute Gasteiger partial charge is 0.169 e. The van der Waals surface area contributed by atoms with Gasteiger partial charge in [-0.1, -0.05) is 130 Å². The van der Waals surface area contributed by atoms with Crippen LogP contribution in [0.2, 0.25) is 0 Å². The molecule has 0 unspecified atom stereocenters. The second-order valence-electron chi connectivity index (χ2n) is 18.7. The Bertz CT molecular complexity index is 2080. The summed E-state index contributed by atoms with van der Waals surface area (Å²) in [5.74, 6) is -2.57. The predicted octanol–water partition coefficient (Wildman–Crippen LogP) is 14.1. The Balaban J connectivity index is 0.000000280. The Morgan fingerprint density at radius 1 is 0.406 bits per heavy atom. The van der Waals surface area contributed by atoms with Crippen LogP contribution in [-0.4, -0.2) is 54.8 Å². The molecule has 0 spiro atoms. The SMILES string of the molecule is Cc1cc2c(C(C)C)c(O)c(O)c(C=O)c2c(O)c1-c1c(C)cc2c(C(C)C)c(O)c(O)c(C=O)c2c1O.O=C1CCCCCCCCCCC1.O=C1CCCCCCCCCCC1. The fourth-order valence-electron chi connectivity index (χ4n) is 9.62. The highest BCUT2D eigenvalue weighted by atomic mass is 16.3. The molecule has 2 aliphatic rings. The molecule has 2 saturated carbocycles. The molecule has 10 heteroatoms. The standard InChI is InChI=1S/C30H30O8.2C12H22O/c1-11(2)19-15-7-13(5)21(27(35)23(15)17(9-31)25(33)29(19)37)22-14(6)8-16-20(12(3)4)30(38)26(34)18(10-32)24(16)28(22)36;2*13-12-10-8-6-4-2-1-3-5-7-9-11-12/h7-12,33-38H,1-6H3;2*1-11H2. The number of Topliss-reactive ketones (excluding diaryl/α,β-unsaturated/α-hetero) is 2. The van der Waals surface area contributed by atoms with Crippen molar-refractivity contribution < 1.29 is 49.8 Å². The Kier molecular flexibility index (Phi) is 20.0. The van der Waals surface area contributed by atoms with Gasteiger partial charge in [0.1, 0.15) is 23.1 Å². The van der Waals surface area contributed by atoms with E-state index in [1.54, 1.807) is 53.7 Å². The molecule has 4 aromatic carbocycles. The molecule has 350 valence electrons. The maximum Gasteiger partial charge on any atom is 0.169 e. The largest absolute Gasteiger partial charge is 0.507 e. The van der Waals surface area contributed by atoms with Gasteiger partial charge in [0.2, 0.25) is 0 Å². The van der Waals surface area contributed by atoms with Crippen molar-refractivity contribution in [3.8, 4) is 45.6 Å². The molecule has 0 bridgehead atoms. The van der Waals surface area contributed by atoms with Gasteiger partial charge in [0.15, 0.2) is 35.6 Å². The first-order valence-corrected chi connectivity index (χ1v) is 24.0. The number of carbonyl (C=O) groups excluding carboxylic acids is 4. The summed E-state index contributed by atoms with van der Waals surface area (Å²) in [7, 11) is 0. The summed E-state index contributed by atoms with van der Waals surface area (Å²) < 4.78 is 0. The molecule has 2 aliphatic carbocycles. The lowest BCUT2D eigenvalue weighted by molar-refractivity contribution is -0.120. The number of aryl methyl sites for hydroxylation is 2. The van der Waals surface area contributed by atoms with E-state index in [-0.39, 0.29) is 44.9 Å². The third kappa shape index (κ3) is 12.6. The summed E-state index contributed by atoms with van der Waals surface area (Å²) in [5.41, 5.74) is 1.33. The zero-order chi connectivity index (χ0) is 47.1. The lowest BCUT2D eigenvalue weighted by Gasteiger charge is -2.23. The van der Waals surface area contributed by atoms with Gasteiger partial charge >= 0.3 is 0 Å². The topological polar surface area (TPSA) is 190 Å². The van der Waals surface area contributed by atoms with E-state index in [1.165, 1.54) is 89.9 Å². The number of rotatable bonds is 5. The van der Waals surface area contributed by atoms with Crippen molar-refractivity contribution in [3.63, 3.8) is 0 Å². The molecule has 0 saturated heterocycles. The summed E-state index contributed by atoms with van der Waals surface area (Å²) in [6, 6.07) is 3.31. The lowest BCUT2D eigenvalue weighted by atomic mass is 9.83. The maximum absolute atomic E-state index is 12.0. The van der Waals surface area contributed by atoms with Crippen LogP contribution in [0.15, 0.2) is 12.1 Å². The lowest BCUT2D eigenvalue weighted by Crippen LogP contribution is -2.01. The van der Waals surface area contributed by atoms with E-state index in [0.717, 1.165) is 51.4 Å². The normalized spacial score (nSPS) is 16.4. The van der Waals surface area contributed by atoms with Crippen molar-refractivity contribution in [3.05, 3.63) is 45.5 Å². The highest BCUT2D eigenvalue weighted by Crippen LogP contribution is 2.54. The van der Waals surface area contributed by atoms with Gasteiger partial charge in [0, 0.05) is 58.7 Å². The fraction of sp³-hybridized carbons (Fsp3) is 0.556. The van der Waals surface area contributed by atoms with Crippen molar-refractivity contribution in [2.24, 2.45) is 0 Å². The van der Waals surface area contributed by atoms with E-state index in [2.05, 4.69) is 0 Å². The minimum atomic E-state index is -0.661. The number of hydrogen-bond acceptors (Lipinski definition) is 10. The number of hydrogen-bond donors (Lipinski definition) is 6. The van der Waals surface area contributed by atoms with Gasteiger partial charge in [-0.2, -0.15) is 0 Å². The zero-order valence-electron chi connectivity index (χ0n) is 39.3. The van der Waals surface area contributed by atoms with Crippen molar-refractivity contribution in [2.45, 2.75) is 195 Å². The van der Waals surface area contributed by atoms with Gasteiger partial charge in [0.25, 0.3) is 0 Å². The number of fused-ring (bicyclic) bond motifs is 2. The van der Waals surface area contributed by atoms with Crippen molar-refractivity contribution in [2.75, 3.05) is 0 Å². The molecule has 0 aliphatic heterocycles. The summed E-state index contributed by atoms with van der Waals surface area (Å²) in [5, 5.41) is 66.4. The average Bonchev–Trinajstić information content (AvgIpc) is 3.23.